The number of aromatic nitrogens is 4. The molecule has 1 aliphatic carbocycles. The molecule has 4 heterocycles. The first-order chi connectivity index (χ1) is 15.2. The van der Waals surface area contributed by atoms with Gasteiger partial charge in [-0.1, -0.05) is 0 Å². The van der Waals surface area contributed by atoms with Crippen LogP contribution >= 0.6 is 0 Å². The van der Waals surface area contributed by atoms with Crippen LogP contribution in [-0.2, 0) is 6.54 Å². The van der Waals surface area contributed by atoms with Crippen LogP contribution < -0.4 is 15.0 Å². The lowest BCUT2D eigenvalue weighted by Crippen LogP contribution is -2.20. The Morgan fingerprint density at radius 1 is 1.16 bits per heavy atom. The molecule has 1 saturated carbocycles. The van der Waals surface area contributed by atoms with Gasteiger partial charge in [0.1, 0.15) is 11.4 Å². The maximum atomic E-state index is 13.1. The SMILES string of the molecule is COc1ncccc1NC(=O)c1cc(-c2cnc(N3CCCC3)nc2)cn1CC1CC1. The van der Waals surface area contributed by atoms with Crippen molar-refractivity contribution >= 4 is 17.5 Å². The third-order valence-electron chi connectivity index (χ3n) is 5.85. The van der Waals surface area contributed by atoms with Gasteiger partial charge in [0.2, 0.25) is 11.8 Å². The van der Waals surface area contributed by atoms with Crippen molar-refractivity contribution in [2.24, 2.45) is 5.92 Å². The number of ether oxygens (including phenoxy) is 1. The number of hydrogen-bond acceptors (Lipinski definition) is 6. The minimum Gasteiger partial charge on any atom is -0.480 e. The van der Waals surface area contributed by atoms with Crippen LogP contribution in [0.1, 0.15) is 36.2 Å². The molecule has 3 aromatic rings. The second kappa shape index (κ2) is 8.37. The molecule has 0 atom stereocenters. The largest absolute Gasteiger partial charge is 0.480 e. The number of anilines is 2. The van der Waals surface area contributed by atoms with E-state index in [4.69, 9.17) is 4.74 Å². The summed E-state index contributed by atoms with van der Waals surface area (Å²) in [6.07, 6.45) is 12.2. The Morgan fingerprint density at radius 3 is 2.65 bits per heavy atom. The van der Waals surface area contributed by atoms with E-state index in [2.05, 4.69) is 25.2 Å². The van der Waals surface area contributed by atoms with E-state index < -0.39 is 0 Å². The van der Waals surface area contributed by atoms with Crippen LogP contribution in [-0.4, -0.2) is 45.6 Å². The van der Waals surface area contributed by atoms with E-state index in [9.17, 15) is 4.79 Å². The van der Waals surface area contributed by atoms with Gasteiger partial charge >= 0.3 is 0 Å². The van der Waals surface area contributed by atoms with Gasteiger partial charge in [-0.05, 0) is 49.8 Å². The molecule has 3 aromatic heterocycles. The Balaban J connectivity index is 1.41. The van der Waals surface area contributed by atoms with Gasteiger partial charge in [-0.25, -0.2) is 15.0 Å². The van der Waals surface area contributed by atoms with E-state index in [1.54, 1.807) is 18.3 Å². The number of hydrogen-bond donors (Lipinski definition) is 1. The summed E-state index contributed by atoms with van der Waals surface area (Å²) in [5, 5.41) is 2.94. The van der Waals surface area contributed by atoms with Gasteiger partial charge < -0.3 is 19.5 Å². The Morgan fingerprint density at radius 2 is 1.94 bits per heavy atom. The fraction of sp³-hybridized carbons (Fsp3) is 0.391. The molecule has 5 rings (SSSR count). The first kappa shape index (κ1) is 19.5. The van der Waals surface area contributed by atoms with Crippen molar-refractivity contribution in [1.29, 1.82) is 0 Å². The van der Waals surface area contributed by atoms with Gasteiger partial charge in [0, 0.05) is 55.5 Å². The fourth-order valence-corrected chi connectivity index (χ4v) is 3.97. The molecule has 0 radical (unpaired) electrons. The molecule has 160 valence electrons. The first-order valence-electron chi connectivity index (χ1n) is 10.8. The summed E-state index contributed by atoms with van der Waals surface area (Å²) < 4.78 is 7.30. The van der Waals surface area contributed by atoms with E-state index in [0.29, 0.717) is 23.2 Å². The molecule has 8 nitrogen and oxygen atoms in total. The molecule has 8 heteroatoms. The summed E-state index contributed by atoms with van der Waals surface area (Å²) in [6, 6.07) is 5.46. The molecule has 0 spiro atoms. The molecule has 2 aliphatic rings. The van der Waals surface area contributed by atoms with Crippen LogP contribution in [0.3, 0.4) is 0 Å². The van der Waals surface area contributed by atoms with Crippen LogP contribution in [0.2, 0.25) is 0 Å². The van der Waals surface area contributed by atoms with Crippen molar-refractivity contribution < 1.29 is 9.53 Å². The number of nitrogens with zero attached hydrogens (tertiary/aromatic N) is 5. The topological polar surface area (TPSA) is 85.2 Å². The lowest BCUT2D eigenvalue weighted by atomic mass is 10.2. The molecular weight excluding hydrogens is 392 g/mol. The Hall–Kier alpha value is -3.42. The van der Waals surface area contributed by atoms with Crippen LogP contribution in [0, 0.1) is 5.92 Å². The summed E-state index contributed by atoms with van der Waals surface area (Å²) in [4.78, 5) is 28.6. The molecule has 1 N–H and O–H groups in total. The van der Waals surface area contributed by atoms with Crippen molar-refractivity contribution in [2.45, 2.75) is 32.2 Å². The molecule has 2 fully saturated rings. The summed E-state index contributed by atoms with van der Waals surface area (Å²) in [6.45, 7) is 2.86. The van der Waals surface area contributed by atoms with Gasteiger partial charge in [-0.15, -0.1) is 0 Å². The predicted molar refractivity (Wildman–Crippen MR) is 118 cm³/mol. The highest BCUT2D eigenvalue weighted by atomic mass is 16.5. The molecule has 0 bridgehead atoms. The molecule has 0 aromatic carbocycles. The second-order valence-corrected chi connectivity index (χ2v) is 8.19. The second-order valence-electron chi connectivity index (χ2n) is 8.19. The maximum Gasteiger partial charge on any atom is 0.272 e. The maximum absolute atomic E-state index is 13.1. The quantitative estimate of drug-likeness (QED) is 0.631. The first-order valence-corrected chi connectivity index (χ1v) is 10.8. The summed E-state index contributed by atoms with van der Waals surface area (Å²) in [5.41, 5.74) is 3.01. The highest BCUT2D eigenvalue weighted by molar-refractivity contribution is 6.04. The monoisotopic (exact) mass is 418 g/mol. The average Bonchev–Trinajstić information content (AvgIpc) is 3.26. The standard InChI is InChI=1S/C23H26N6O2/c1-31-22-19(5-4-8-24-22)27-21(30)20-11-17(15-29(20)14-16-6-7-16)18-12-25-23(26-13-18)28-9-2-3-10-28/h4-5,8,11-13,15-16H,2-3,6-7,9-10,14H2,1H3,(H,27,30). The Labute approximate surface area is 181 Å². The van der Waals surface area contributed by atoms with Crippen molar-refractivity contribution in [1.82, 2.24) is 19.5 Å². The van der Waals surface area contributed by atoms with Crippen molar-refractivity contribution in [3.63, 3.8) is 0 Å². The zero-order valence-electron chi connectivity index (χ0n) is 17.6. The average molecular weight is 419 g/mol. The van der Waals surface area contributed by atoms with Gasteiger partial charge in [0.25, 0.3) is 5.91 Å². The molecular formula is C23H26N6O2. The van der Waals surface area contributed by atoms with Gasteiger partial charge in [0.05, 0.1) is 7.11 Å². The number of nitrogens with one attached hydrogen (secondary N) is 1. The number of methoxy groups -OCH3 is 1. The van der Waals surface area contributed by atoms with Gasteiger partial charge in [0.15, 0.2) is 0 Å². The van der Waals surface area contributed by atoms with Crippen LogP contribution in [0.25, 0.3) is 11.1 Å². The zero-order chi connectivity index (χ0) is 21.2. The van der Waals surface area contributed by atoms with Crippen LogP contribution in [0.4, 0.5) is 11.6 Å². The van der Waals surface area contributed by atoms with E-state index in [-0.39, 0.29) is 5.91 Å². The number of pyridine rings is 1. The number of amides is 1. The smallest absolute Gasteiger partial charge is 0.272 e. The number of carbonyl (C=O) groups excluding carboxylic acids is 1. The fourth-order valence-electron chi connectivity index (χ4n) is 3.97. The highest BCUT2D eigenvalue weighted by Crippen LogP contribution is 2.33. The zero-order valence-corrected chi connectivity index (χ0v) is 17.6. The van der Waals surface area contributed by atoms with Gasteiger partial charge in [-0.2, -0.15) is 0 Å². The minimum absolute atomic E-state index is 0.187. The van der Waals surface area contributed by atoms with Crippen LogP contribution in [0.15, 0.2) is 43.0 Å². The number of carbonyl (C=O) groups is 1. The highest BCUT2D eigenvalue weighted by Gasteiger charge is 2.25. The predicted octanol–water partition coefficient (Wildman–Crippen LogP) is 3.61. The van der Waals surface area contributed by atoms with Crippen LogP contribution in [0.5, 0.6) is 5.88 Å². The number of rotatable bonds is 7. The molecule has 1 amide bonds. The normalized spacial score (nSPS) is 15.8. The third-order valence-corrected chi connectivity index (χ3v) is 5.85. The minimum atomic E-state index is -0.187. The van der Waals surface area contributed by atoms with E-state index >= 15 is 0 Å². The van der Waals surface area contributed by atoms with Crippen molar-refractivity contribution in [2.75, 3.05) is 30.4 Å². The Kier molecular flexibility index (Phi) is 5.28. The van der Waals surface area contributed by atoms with E-state index in [0.717, 1.165) is 36.7 Å². The lowest BCUT2D eigenvalue weighted by Gasteiger charge is -2.14. The summed E-state index contributed by atoms with van der Waals surface area (Å²) in [7, 11) is 1.54. The summed E-state index contributed by atoms with van der Waals surface area (Å²) in [5.74, 6) is 1.61. The van der Waals surface area contributed by atoms with Crippen molar-refractivity contribution in [3.8, 4) is 17.0 Å². The van der Waals surface area contributed by atoms with Crippen molar-refractivity contribution in [3.05, 3.63) is 48.7 Å². The lowest BCUT2D eigenvalue weighted by molar-refractivity contribution is 0.101. The van der Waals surface area contributed by atoms with E-state index in [1.165, 1.54) is 32.8 Å². The molecule has 1 aliphatic heterocycles. The Bertz CT molecular complexity index is 1070. The summed E-state index contributed by atoms with van der Waals surface area (Å²) >= 11 is 0. The molecule has 31 heavy (non-hydrogen) atoms. The third kappa shape index (κ3) is 4.23. The molecule has 0 unspecified atom stereocenters. The van der Waals surface area contributed by atoms with E-state index in [1.807, 2.05) is 29.2 Å². The molecule has 1 saturated heterocycles. The van der Waals surface area contributed by atoms with Gasteiger partial charge in [-0.3, -0.25) is 4.79 Å².